The molecule has 100 valence electrons. The van der Waals surface area contributed by atoms with Crippen molar-refractivity contribution in [3.63, 3.8) is 0 Å². The van der Waals surface area contributed by atoms with E-state index < -0.39 is 17.5 Å². The van der Waals surface area contributed by atoms with Gasteiger partial charge in [-0.15, -0.1) is 11.3 Å². The van der Waals surface area contributed by atoms with Crippen LogP contribution in [0.1, 0.15) is 35.0 Å². The third-order valence-corrected chi connectivity index (χ3v) is 3.65. The zero-order valence-corrected chi connectivity index (χ0v) is 11.2. The summed E-state index contributed by atoms with van der Waals surface area (Å²) in [6.45, 7) is 4.03. The van der Waals surface area contributed by atoms with Crippen LogP contribution in [-0.4, -0.2) is 10.9 Å². The molecule has 0 radical (unpaired) electrons. The molecule has 0 aliphatic rings. The highest BCUT2D eigenvalue weighted by Gasteiger charge is 2.12. The number of nitrogens with one attached hydrogen (secondary N) is 1. The highest BCUT2D eigenvalue weighted by Crippen LogP contribution is 2.25. The Kier molecular flexibility index (Phi) is 3.90. The van der Waals surface area contributed by atoms with Crippen molar-refractivity contribution in [2.75, 3.05) is 5.32 Å². The van der Waals surface area contributed by atoms with Gasteiger partial charge in [0.25, 0.3) is 5.91 Å². The minimum Gasteiger partial charge on any atom is -0.298 e. The predicted molar refractivity (Wildman–Crippen MR) is 70.5 cm³/mol. The Bertz CT molecular complexity index is 590. The molecule has 1 N–H and O–H groups in total. The Morgan fingerprint density at radius 3 is 2.42 bits per heavy atom. The molecule has 1 aromatic heterocycles. The Balaban J connectivity index is 2.15. The van der Waals surface area contributed by atoms with Crippen molar-refractivity contribution in [2.24, 2.45) is 0 Å². The number of carbonyl (C=O) groups excluding carboxylic acids is 1. The Labute approximate surface area is 113 Å². The largest absolute Gasteiger partial charge is 0.298 e. The summed E-state index contributed by atoms with van der Waals surface area (Å²) >= 11 is 1.34. The van der Waals surface area contributed by atoms with Crippen LogP contribution in [0.25, 0.3) is 0 Å². The van der Waals surface area contributed by atoms with E-state index in [1.807, 2.05) is 13.8 Å². The summed E-state index contributed by atoms with van der Waals surface area (Å²) in [5.74, 6) is -1.84. The number of aromatic nitrogens is 1. The van der Waals surface area contributed by atoms with Gasteiger partial charge in [0, 0.05) is 22.7 Å². The monoisotopic (exact) mass is 282 g/mol. The van der Waals surface area contributed by atoms with Gasteiger partial charge in [0.15, 0.2) is 5.13 Å². The standard InChI is InChI=1S/C13H12F2N2OS/c1-7(2)11-6-16-13(19-11)17-12(18)8-3-9(14)5-10(15)4-8/h3-7H,1-2H3,(H,16,17,18). The fraction of sp³-hybridized carbons (Fsp3) is 0.231. The Hall–Kier alpha value is -1.82. The third-order valence-electron chi connectivity index (χ3n) is 2.44. The fourth-order valence-corrected chi connectivity index (χ4v) is 2.28. The number of anilines is 1. The van der Waals surface area contributed by atoms with Crippen molar-refractivity contribution < 1.29 is 13.6 Å². The van der Waals surface area contributed by atoms with Crippen LogP contribution in [0, 0.1) is 11.6 Å². The second-order valence-corrected chi connectivity index (χ2v) is 5.40. The van der Waals surface area contributed by atoms with E-state index >= 15 is 0 Å². The van der Waals surface area contributed by atoms with Crippen LogP contribution >= 0.6 is 11.3 Å². The van der Waals surface area contributed by atoms with Crippen molar-refractivity contribution in [1.29, 1.82) is 0 Å². The first-order valence-electron chi connectivity index (χ1n) is 5.69. The number of hydrogen-bond donors (Lipinski definition) is 1. The quantitative estimate of drug-likeness (QED) is 0.930. The molecule has 0 saturated heterocycles. The Morgan fingerprint density at radius 2 is 1.89 bits per heavy atom. The number of benzene rings is 1. The number of thiazole rings is 1. The highest BCUT2D eigenvalue weighted by molar-refractivity contribution is 7.15. The first-order chi connectivity index (χ1) is 8.95. The van der Waals surface area contributed by atoms with Crippen LogP contribution in [0.2, 0.25) is 0 Å². The molecule has 0 atom stereocenters. The SMILES string of the molecule is CC(C)c1cnc(NC(=O)c2cc(F)cc(F)c2)s1. The summed E-state index contributed by atoms with van der Waals surface area (Å²) in [6, 6.07) is 2.68. The van der Waals surface area contributed by atoms with Crippen LogP contribution < -0.4 is 5.32 Å². The van der Waals surface area contributed by atoms with Crippen LogP contribution in [0.3, 0.4) is 0 Å². The molecule has 0 fully saturated rings. The van der Waals surface area contributed by atoms with Crippen molar-refractivity contribution in [1.82, 2.24) is 4.98 Å². The van der Waals surface area contributed by atoms with Gasteiger partial charge in [0.05, 0.1) is 0 Å². The average molecular weight is 282 g/mol. The van der Waals surface area contributed by atoms with Crippen molar-refractivity contribution in [3.8, 4) is 0 Å². The summed E-state index contributed by atoms with van der Waals surface area (Å²) in [5.41, 5.74) is -0.0706. The van der Waals surface area contributed by atoms with Gasteiger partial charge in [-0.1, -0.05) is 13.8 Å². The minimum atomic E-state index is -0.785. The van der Waals surface area contributed by atoms with Gasteiger partial charge in [-0.05, 0) is 18.1 Å². The van der Waals surface area contributed by atoms with E-state index in [2.05, 4.69) is 10.3 Å². The minimum absolute atomic E-state index is 0.0706. The first-order valence-corrected chi connectivity index (χ1v) is 6.50. The summed E-state index contributed by atoms with van der Waals surface area (Å²) in [7, 11) is 0. The summed E-state index contributed by atoms with van der Waals surface area (Å²) in [5, 5.41) is 2.94. The lowest BCUT2D eigenvalue weighted by Crippen LogP contribution is -2.12. The summed E-state index contributed by atoms with van der Waals surface area (Å²) in [4.78, 5) is 16.9. The average Bonchev–Trinajstić information content (AvgIpc) is 2.76. The smallest absolute Gasteiger partial charge is 0.257 e. The van der Waals surface area contributed by atoms with Gasteiger partial charge in [-0.3, -0.25) is 10.1 Å². The zero-order valence-electron chi connectivity index (χ0n) is 10.4. The van der Waals surface area contributed by atoms with E-state index in [4.69, 9.17) is 0 Å². The van der Waals surface area contributed by atoms with Gasteiger partial charge in [0.1, 0.15) is 11.6 Å². The topological polar surface area (TPSA) is 42.0 Å². The molecular weight excluding hydrogens is 270 g/mol. The maximum atomic E-state index is 13.0. The third kappa shape index (κ3) is 3.35. The number of rotatable bonds is 3. The molecule has 2 aromatic rings. The lowest BCUT2D eigenvalue weighted by molar-refractivity contribution is 0.102. The van der Waals surface area contributed by atoms with Gasteiger partial charge in [-0.2, -0.15) is 0 Å². The molecule has 0 spiro atoms. The van der Waals surface area contributed by atoms with E-state index in [1.165, 1.54) is 11.3 Å². The van der Waals surface area contributed by atoms with Crippen molar-refractivity contribution in [3.05, 3.63) is 46.5 Å². The molecule has 1 aromatic carbocycles. The van der Waals surface area contributed by atoms with Gasteiger partial charge in [0.2, 0.25) is 0 Å². The molecule has 1 heterocycles. The maximum absolute atomic E-state index is 13.0. The lowest BCUT2D eigenvalue weighted by atomic mass is 10.2. The number of amides is 1. The molecular formula is C13H12F2N2OS. The molecule has 0 aliphatic heterocycles. The van der Waals surface area contributed by atoms with Gasteiger partial charge in [-0.25, -0.2) is 13.8 Å². The van der Waals surface area contributed by atoms with Crippen LogP contribution in [-0.2, 0) is 0 Å². The molecule has 1 amide bonds. The van der Waals surface area contributed by atoms with E-state index in [-0.39, 0.29) is 5.56 Å². The Morgan fingerprint density at radius 1 is 1.26 bits per heavy atom. The molecule has 3 nitrogen and oxygen atoms in total. The van der Waals surface area contributed by atoms with E-state index in [1.54, 1.807) is 6.20 Å². The zero-order chi connectivity index (χ0) is 14.0. The lowest BCUT2D eigenvalue weighted by Gasteiger charge is -2.02. The maximum Gasteiger partial charge on any atom is 0.257 e. The molecule has 2 rings (SSSR count). The molecule has 6 heteroatoms. The van der Waals surface area contributed by atoms with Crippen LogP contribution in [0.15, 0.2) is 24.4 Å². The second-order valence-electron chi connectivity index (χ2n) is 4.33. The normalized spacial score (nSPS) is 10.8. The summed E-state index contributed by atoms with van der Waals surface area (Å²) in [6.07, 6.45) is 1.68. The first kappa shape index (κ1) is 13.6. The predicted octanol–water partition coefficient (Wildman–Crippen LogP) is 3.80. The van der Waals surface area contributed by atoms with E-state index in [0.29, 0.717) is 11.0 Å². The van der Waals surface area contributed by atoms with E-state index in [9.17, 15) is 13.6 Å². The van der Waals surface area contributed by atoms with E-state index in [0.717, 1.165) is 23.1 Å². The number of halogens is 2. The number of nitrogens with zero attached hydrogens (tertiary/aromatic N) is 1. The van der Waals surface area contributed by atoms with Crippen molar-refractivity contribution >= 4 is 22.4 Å². The van der Waals surface area contributed by atoms with Crippen LogP contribution in [0.4, 0.5) is 13.9 Å². The highest BCUT2D eigenvalue weighted by atomic mass is 32.1. The molecule has 0 saturated carbocycles. The number of carbonyl (C=O) groups is 1. The molecule has 0 aliphatic carbocycles. The van der Waals surface area contributed by atoms with Gasteiger partial charge >= 0.3 is 0 Å². The second kappa shape index (κ2) is 5.44. The van der Waals surface area contributed by atoms with Crippen molar-refractivity contribution in [2.45, 2.75) is 19.8 Å². The van der Waals surface area contributed by atoms with Crippen LogP contribution in [0.5, 0.6) is 0 Å². The molecule has 0 unspecified atom stereocenters. The fourth-order valence-electron chi connectivity index (χ4n) is 1.47. The number of hydrogen-bond acceptors (Lipinski definition) is 3. The van der Waals surface area contributed by atoms with Gasteiger partial charge < -0.3 is 0 Å². The molecule has 19 heavy (non-hydrogen) atoms. The summed E-state index contributed by atoms with van der Waals surface area (Å²) < 4.78 is 26.0. The molecule has 0 bridgehead atoms.